The van der Waals surface area contributed by atoms with E-state index in [0.29, 0.717) is 19.4 Å². The second-order valence-corrected chi connectivity index (χ2v) is 6.14. The molecule has 0 radical (unpaired) electrons. The first kappa shape index (κ1) is 17.9. The molecule has 0 fully saturated rings. The fourth-order valence-corrected chi connectivity index (χ4v) is 3.00. The Morgan fingerprint density at radius 1 is 1.04 bits per heavy atom. The van der Waals surface area contributed by atoms with E-state index in [4.69, 9.17) is 5.11 Å². The van der Waals surface area contributed by atoms with Crippen LogP contribution in [0.5, 0.6) is 0 Å². The quantitative estimate of drug-likeness (QED) is 0.611. The molecule has 5 nitrogen and oxygen atoms in total. The van der Waals surface area contributed by atoms with Crippen LogP contribution < -0.4 is 10.6 Å². The molecule has 0 spiro atoms. The number of carbonyl (C=O) groups is 1. The van der Waals surface area contributed by atoms with E-state index < -0.39 is 0 Å². The number of aromatic nitrogens is 1. The molecule has 0 aliphatic heterocycles. The summed E-state index contributed by atoms with van der Waals surface area (Å²) in [6.45, 7) is 0.534. The number of aliphatic hydroxyl groups excluding tert-OH is 1. The number of para-hydroxylation sites is 1. The molecular weight excluding hydrogens is 326 g/mol. The molecule has 3 rings (SSSR count). The second-order valence-electron chi connectivity index (χ2n) is 6.14. The summed E-state index contributed by atoms with van der Waals surface area (Å²) >= 11 is 0. The maximum atomic E-state index is 12.4. The van der Waals surface area contributed by atoms with Crippen molar-refractivity contribution in [2.24, 2.45) is 0 Å². The van der Waals surface area contributed by atoms with Gasteiger partial charge in [0.2, 0.25) is 0 Å². The summed E-state index contributed by atoms with van der Waals surface area (Å²) in [6.07, 6.45) is 3.08. The number of aliphatic hydroxyl groups is 1. The maximum Gasteiger partial charge on any atom is 0.315 e. The summed E-state index contributed by atoms with van der Waals surface area (Å²) in [5, 5.41) is 16.1. The SMILES string of the molecule is O=C(NCc1ccnc2ccccc12)NC(CCCO)c1ccccc1. The Hall–Kier alpha value is -2.92. The molecule has 2 aromatic carbocycles. The van der Waals surface area contributed by atoms with Gasteiger partial charge >= 0.3 is 6.03 Å². The highest BCUT2D eigenvalue weighted by Crippen LogP contribution is 2.18. The molecule has 3 aromatic rings. The molecule has 5 heteroatoms. The van der Waals surface area contributed by atoms with Crippen LogP contribution >= 0.6 is 0 Å². The first-order valence-electron chi connectivity index (χ1n) is 8.80. The fraction of sp³-hybridized carbons (Fsp3) is 0.238. The minimum Gasteiger partial charge on any atom is -0.396 e. The number of rotatable bonds is 7. The van der Waals surface area contributed by atoms with E-state index in [-0.39, 0.29) is 18.7 Å². The molecule has 134 valence electrons. The van der Waals surface area contributed by atoms with Crippen LogP contribution in [-0.4, -0.2) is 22.7 Å². The molecule has 0 bridgehead atoms. The fourth-order valence-electron chi connectivity index (χ4n) is 3.00. The lowest BCUT2D eigenvalue weighted by molar-refractivity contribution is 0.232. The van der Waals surface area contributed by atoms with E-state index >= 15 is 0 Å². The minimum atomic E-state index is -0.224. The zero-order chi connectivity index (χ0) is 18.2. The molecule has 0 saturated carbocycles. The van der Waals surface area contributed by atoms with Crippen molar-refractivity contribution in [2.75, 3.05) is 6.61 Å². The van der Waals surface area contributed by atoms with E-state index in [2.05, 4.69) is 15.6 Å². The summed E-state index contributed by atoms with van der Waals surface area (Å²) in [5.74, 6) is 0. The normalized spacial score (nSPS) is 11.9. The van der Waals surface area contributed by atoms with Crippen molar-refractivity contribution in [2.45, 2.75) is 25.4 Å². The van der Waals surface area contributed by atoms with E-state index in [0.717, 1.165) is 22.0 Å². The molecule has 1 unspecified atom stereocenters. The number of amides is 2. The van der Waals surface area contributed by atoms with Gasteiger partial charge in [-0.15, -0.1) is 0 Å². The Morgan fingerprint density at radius 2 is 1.81 bits per heavy atom. The van der Waals surface area contributed by atoms with Crippen LogP contribution in [0.2, 0.25) is 0 Å². The van der Waals surface area contributed by atoms with Gasteiger partial charge < -0.3 is 15.7 Å². The van der Waals surface area contributed by atoms with Gasteiger partial charge in [0, 0.05) is 24.7 Å². The molecule has 1 heterocycles. The van der Waals surface area contributed by atoms with Gasteiger partial charge in [-0.3, -0.25) is 4.98 Å². The van der Waals surface area contributed by atoms with Gasteiger partial charge in [-0.1, -0.05) is 48.5 Å². The predicted octanol–water partition coefficient (Wildman–Crippen LogP) is 3.55. The molecule has 0 aliphatic rings. The topological polar surface area (TPSA) is 74.2 Å². The number of hydrogen-bond acceptors (Lipinski definition) is 3. The Kier molecular flexibility index (Phi) is 6.17. The van der Waals surface area contributed by atoms with Gasteiger partial charge in [-0.2, -0.15) is 0 Å². The Labute approximate surface area is 153 Å². The smallest absolute Gasteiger partial charge is 0.315 e. The minimum absolute atomic E-state index is 0.107. The second kappa shape index (κ2) is 8.97. The molecule has 0 saturated heterocycles. The summed E-state index contributed by atoms with van der Waals surface area (Å²) in [4.78, 5) is 16.7. The summed E-state index contributed by atoms with van der Waals surface area (Å²) in [7, 11) is 0. The Morgan fingerprint density at radius 3 is 2.62 bits per heavy atom. The van der Waals surface area contributed by atoms with Gasteiger partial charge in [0.05, 0.1) is 11.6 Å². The van der Waals surface area contributed by atoms with Gasteiger partial charge in [0.25, 0.3) is 0 Å². The van der Waals surface area contributed by atoms with Crippen LogP contribution in [-0.2, 0) is 6.54 Å². The van der Waals surface area contributed by atoms with Gasteiger partial charge in [0.1, 0.15) is 0 Å². The van der Waals surface area contributed by atoms with Gasteiger partial charge in [-0.25, -0.2) is 4.79 Å². The third-order valence-electron chi connectivity index (χ3n) is 4.34. The standard InChI is InChI=1S/C21H23N3O2/c25-14-6-11-19(16-7-2-1-3-8-16)24-21(26)23-15-17-12-13-22-20-10-5-4-9-18(17)20/h1-5,7-10,12-13,19,25H,6,11,14-15H2,(H2,23,24,26). The van der Waals surface area contributed by atoms with Crippen molar-refractivity contribution < 1.29 is 9.90 Å². The van der Waals surface area contributed by atoms with E-state index in [1.54, 1.807) is 6.20 Å². The zero-order valence-electron chi connectivity index (χ0n) is 14.6. The van der Waals surface area contributed by atoms with Crippen molar-refractivity contribution in [3.05, 3.63) is 78.0 Å². The zero-order valence-corrected chi connectivity index (χ0v) is 14.6. The van der Waals surface area contributed by atoms with Crippen LogP contribution in [0.1, 0.15) is 30.0 Å². The monoisotopic (exact) mass is 349 g/mol. The predicted molar refractivity (Wildman–Crippen MR) is 103 cm³/mol. The van der Waals surface area contributed by atoms with Crippen LogP contribution in [0.3, 0.4) is 0 Å². The van der Waals surface area contributed by atoms with E-state index in [1.807, 2.05) is 60.7 Å². The lowest BCUT2D eigenvalue weighted by atomic mass is 10.0. The van der Waals surface area contributed by atoms with Crippen molar-refractivity contribution in [3.8, 4) is 0 Å². The summed E-state index contributed by atoms with van der Waals surface area (Å²) in [5.41, 5.74) is 2.97. The first-order chi connectivity index (χ1) is 12.8. The molecule has 1 atom stereocenters. The number of carbonyl (C=O) groups excluding carboxylic acids is 1. The summed E-state index contributed by atoms with van der Waals surface area (Å²) in [6, 6.07) is 19.3. The molecular formula is C21H23N3O2. The number of nitrogens with one attached hydrogen (secondary N) is 2. The maximum absolute atomic E-state index is 12.4. The molecule has 1 aromatic heterocycles. The Balaban J connectivity index is 1.64. The van der Waals surface area contributed by atoms with Crippen molar-refractivity contribution in [3.63, 3.8) is 0 Å². The van der Waals surface area contributed by atoms with Gasteiger partial charge in [-0.05, 0) is 36.1 Å². The summed E-state index contributed by atoms with van der Waals surface area (Å²) < 4.78 is 0. The molecule has 3 N–H and O–H groups in total. The number of hydrogen-bond donors (Lipinski definition) is 3. The largest absolute Gasteiger partial charge is 0.396 e. The van der Waals surface area contributed by atoms with Crippen LogP contribution in [0.15, 0.2) is 66.9 Å². The van der Waals surface area contributed by atoms with E-state index in [9.17, 15) is 4.79 Å². The molecule has 2 amide bonds. The average molecular weight is 349 g/mol. The van der Waals surface area contributed by atoms with Crippen molar-refractivity contribution in [1.29, 1.82) is 0 Å². The van der Waals surface area contributed by atoms with Crippen molar-refractivity contribution >= 4 is 16.9 Å². The Bertz CT molecular complexity index is 847. The lowest BCUT2D eigenvalue weighted by Gasteiger charge is -2.19. The average Bonchev–Trinajstić information content (AvgIpc) is 2.70. The third kappa shape index (κ3) is 4.58. The molecule has 0 aliphatic carbocycles. The lowest BCUT2D eigenvalue weighted by Crippen LogP contribution is -2.37. The first-order valence-corrected chi connectivity index (χ1v) is 8.80. The number of fused-ring (bicyclic) bond motifs is 1. The number of benzene rings is 2. The highest BCUT2D eigenvalue weighted by molar-refractivity contribution is 5.82. The highest BCUT2D eigenvalue weighted by atomic mass is 16.3. The van der Waals surface area contributed by atoms with Crippen LogP contribution in [0.25, 0.3) is 10.9 Å². The highest BCUT2D eigenvalue weighted by Gasteiger charge is 2.14. The number of nitrogens with zero attached hydrogens (tertiary/aromatic N) is 1. The number of pyridine rings is 1. The third-order valence-corrected chi connectivity index (χ3v) is 4.34. The number of urea groups is 1. The van der Waals surface area contributed by atoms with E-state index in [1.165, 1.54) is 0 Å². The van der Waals surface area contributed by atoms with Gasteiger partial charge in [0.15, 0.2) is 0 Å². The van der Waals surface area contributed by atoms with Crippen LogP contribution in [0.4, 0.5) is 4.79 Å². The van der Waals surface area contributed by atoms with Crippen molar-refractivity contribution in [1.82, 2.24) is 15.6 Å². The molecule has 26 heavy (non-hydrogen) atoms. The van der Waals surface area contributed by atoms with Crippen LogP contribution in [0, 0.1) is 0 Å².